The van der Waals surface area contributed by atoms with Crippen LogP contribution in [0.25, 0.3) is 0 Å². The van der Waals surface area contributed by atoms with E-state index in [1.807, 2.05) is 0 Å². The topological polar surface area (TPSA) is 21.6 Å². The first-order valence-electron chi connectivity index (χ1n) is 8.28. The first kappa shape index (κ1) is 15.3. The summed E-state index contributed by atoms with van der Waals surface area (Å²) in [6, 6.07) is 0. The van der Waals surface area contributed by atoms with E-state index >= 15 is 0 Å². The van der Waals surface area contributed by atoms with Crippen molar-refractivity contribution in [3.8, 4) is 0 Å². The number of nitrogens with zero attached hydrogens (tertiary/aromatic N) is 1. The molecule has 0 N–H and O–H groups in total. The van der Waals surface area contributed by atoms with Crippen LogP contribution in [0.2, 0.25) is 0 Å². The third-order valence-corrected chi connectivity index (χ3v) is 4.74. The molecule has 0 saturated heterocycles. The molecule has 2 rings (SSSR count). The van der Waals surface area contributed by atoms with Gasteiger partial charge < -0.3 is 4.74 Å². The van der Waals surface area contributed by atoms with Crippen molar-refractivity contribution in [3.05, 3.63) is 24.5 Å². The zero-order chi connectivity index (χ0) is 14.4. The minimum atomic E-state index is 0.178. The molecule has 0 aromatic rings. The van der Waals surface area contributed by atoms with Gasteiger partial charge >= 0.3 is 0 Å². The predicted molar refractivity (Wildman–Crippen MR) is 86.1 cm³/mol. The fourth-order valence-electron chi connectivity index (χ4n) is 3.87. The zero-order valence-electron chi connectivity index (χ0n) is 13.2. The highest BCUT2D eigenvalue weighted by molar-refractivity contribution is 6.03. The average molecular weight is 275 g/mol. The second-order valence-corrected chi connectivity index (χ2v) is 6.05. The molecule has 1 saturated carbocycles. The molecule has 0 spiro atoms. The van der Waals surface area contributed by atoms with Crippen LogP contribution < -0.4 is 0 Å². The molecule has 0 aliphatic heterocycles. The summed E-state index contributed by atoms with van der Waals surface area (Å²) < 4.78 is 5.96. The Morgan fingerprint density at radius 2 is 2.25 bits per heavy atom. The molecular weight excluding hydrogens is 246 g/mol. The van der Waals surface area contributed by atoms with E-state index in [9.17, 15) is 0 Å². The van der Waals surface area contributed by atoms with E-state index in [0.29, 0.717) is 5.92 Å². The fourth-order valence-corrected chi connectivity index (χ4v) is 3.87. The molecule has 0 unspecified atom stereocenters. The SMILES string of the molecule is C=CC[C@@]12CCCCC[C@@H]1C(OCC)=CC2=NCCC. The quantitative estimate of drug-likeness (QED) is 0.631. The maximum absolute atomic E-state index is 5.96. The monoisotopic (exact) mass is 275 g/mol. The van der Waals surface area contributed by atoms with E-state index in [1.165, 1.54) is 43.6 Å². The number of hydrogen-bond acceptors (Lipinski definition) is 2. The van der Waals surface area contributed by atoms with Crippen LogP contribution in [0.4, 0.5) is 0 Å². The fraction of sp³-hybridized carbons (Fsp3) is 0.722. The highest BCUT2D eigenvalue weighted by atomic mass is 16.5. The van der Waals surface area contributed by atoms with Crippen LogP contribution in [-0.2, 0) is 4.74 Å². The van der Waals surface area contributed by atoms with E-state index in [1.54, 1.807) is 0 Å². The summed E-state index contributed by atoms with van der Waals surface area (Å²) in [6.07, 6.45) is 12.9. The Kier molecular flexibility index (Phi) is 5.45. The summed E-state index contributed by atoms with van der Waals surface area (Å²) in [7, 11) is 0. The van der Waals surface area contributed by atoms with Crippen LogP contribution in [0.15, 0.2) is 29.5 Å². The number of rotatable bonds is 6. The minimum absolute atomic E-state index is 0.178. The molecule has 0 heterocycles. The lowest BCUT2D eigenvalue weighted by Crippen LogP contribution is -2.33. The largest absolute Gasteiger partial charge is 0.498 e. The van der Waals surface area contributed by atoms with Gasteiger partial charge in [0, 0.05) is 23.6 Å². The summed E-state index contributed by atoms with van der Waals surface area (Å²) in [5.74, 6) is 1.71. The Bertz CT molecular complexity index is 396. The van der Waals surface area contributed by atoms with Gasteiger partial charge in [-0.15, -0.1) is 6.58 Å². The van der Waals surface area contributed by atoms with Gasteiger partial charge in [0.15, 0.2) is 0 Å². The molecular formula is C18H29NO. The number of allylic oxidation sites excluding steroid dienone is 3. The molecule has 0 aromatic carbocycles. The van der Waals surface area contributed by atoms with Crippen molar-refractivity contribution >= 4 is 5.71 Å². The van der Waals surface area contributed by atoms with Crippen LogP contribution in [0.1, 0.15) is 58.8 Å². The van der Waals surface area contributed by atoms with Gasteiger partial charge in [-0.05, 0) is 38.7 Å². The van der Waals surface area contributed by atoms with Crippen molar-refractivity contribution in [1.82, 2.24) is 0 Å². The summed E-state index contributed by atoms with van der Waals surface area (Å²) in [4.78, 5) is 4.90. The van der Waals surface area contributed by atoms with E-state index in [2.05, 4.69) is 32.6 Å². The van der Waals surface area contributed by atoms with Gasteiger partial charge in [-0.1, -0.05) is 32.3 Å². The molecule has 2 aliphatic carbocycles. The lowest BCUT2D eigenvalue weighted by Gasteiger charge is -2.35. The van der Waals surface area contributed by atoms with E-state index in [0.717, 1.165) is 26.0 Å². The van der Waals surface area contributed by atoms with Gasteiger partial charge in [0.05, 0.1) is 6.61 Å². The third kappa shape index (κ3) is 2.84. The lowest BCUT2D eigenvalue weighted by molar-refractivity contribution is 0.148. The average Bonchev–Trinajstić information content (AvgIpc) is 2.61. The Morgan fingerprint density at radius 3 is 2.95 bits per heavy atom. The summed E-state index contributed by atoms with van der Waals surface area (Å²) in [5, 5.41) is 0. The van der Waals surface area contributed by atoms with Crippen molar-refractivity contribution < 1.29 is 4.74 Å². The predicted octanol–water partition coefficient (Wildman–Crippen LogP) is 4.91. The second kappa shape index (κ2) is 7.10. The Hall–Kier alpha value is -1.05. The maximum atomic E-state index is 5.96. The van der Waals surface area contributed by atoms with Gasteiger partial charge in [0.1, 0.15) is 5.76 Å². The van der Waals surface area contributed by atoms with Crippen molar-refractivity contribution in [3.63, 3.8) is 0 Å². The molecule has 2 heteroatoms. The number of hydrogen-bond donors (Lipinski definition) is 0. The summed E-state index contributed by atoms with van der Waals surface area (Å²) in [6.45, 7) is 9.96. The molecule has 0 bridgehead atoms. The highest BCUT2D eigenvalue weighted by Gasteiger charge is 2.48. The Balaban J connectivity index is 2.37. The molecule has 0 amide bonds. The van der Waals surface area contributed by atoms with E-state index in [-0.39, 0.29) is 5.41 Å². The Labute approximate surface area is 124 Å². The van der Waals surface area contributed by atoms with Crippen LogP contribution >= 0.6 is 0 Å². The first-order chi connectivity index (χ1) is 9.78. The van der Waals surface area contributed by atoms with Crippen molar-refractivity contribution in [2.24, 2.45) is 16.3 Å². The third-order valence-electron chi connectivity index (χ3n) is 4.74. The van der Waals surface area contributed by atoms with Crippen LogP contribution in [0.5, 0.6) is 0 Å². The summed E-state index contributed by atoms with van der Waals surface area (Å²) >= 11 is 0. The Morgan fingerprint density at radius 1 is 1.40 bits per heavy atom. The highest BCUT2D eigenvalue weighted by Crippen LogP contribution is 2.52. The normalized spacial score (nSPS) is 31.6. The molecule has 2 nitrogen and oxygen atoms in total. The molecule has 2 atom stereocenters. The molecule has 20 heavy (non-hydrogen) atoms. The molecule has 2 aliphatic rings. The van der Waals surface area contributed by atoms with Crippen molar-refractivity contribution in [1.29, 1.82) is 0 Å². The van der Waals surface area contributed by atoms with Crippen LogP contribution in [-0.4, -0.2) is 18.9 Å². The first-order valence-corrected chi connectivity index (χ1v) is 8.28. The smallest absolute Gasteiger partial charge is 0.102 e. The zero-order valence-corrected chi connectivity index (χ0v) is 13.2. The molecule has 0 aromatic heterocycles. The van der Waals surface area contributed by atoms with E-state index in [4.69, 9.17) is 9.73 Å². The van der Waals surface area contributed by atoms with Gasteiger partial charge in [-0.25, -0.2) is 0 Å². The molecule has 1 fully saturated rings. The minimum Gasteiger partial charge on any atom is -0.498 e. The van der Waals surface area contributed by atoms with Gasteiger partial charge in [-0.2, -0.15) is 0 Å². The van der Waals surface area contributed by atoms with Gasteiger partial charge in [0.2, 0.25) is 0 Å². The maximum Gasteiger partial charge on any atom is 0.102 e. The second-order valence-electron chi connectivity index (χ2n) is 6.05. The number of fused-ring (bicyclic) bond motifs is 1. The van der Waals surface area contributed by atoms with Crippen LogP contribution in [0, 0.1) is 11.3 Å². The van der Waals surface area contributed by atoms with E-state index < -0.39 is 0 Å². The number of aliphatic imine (C=N–C) groups is 1. The van der Waals surface area contributed by atoms with Crippen molar-refractivity contribution in [2.75, 3.05) is 13.2 Å². The van der Waals surface area contributed by atoms with Gasteiger partial charge in [-0.3, -0.25) is 4.99 Å². The lowest BCUT2D eigenvalue weighted by atomic mass is 9.69. The molecule has 0 radical (unpaired) electrons. The standard InChI is InChI=1S/C18H29NO/c1-4-11-18-12-9-7-8-10-15(18)16(20-6-3)14-17(18)19-13-5-2/h4,14-15H,1,5-13H2,2-3H3/t15-,18-/m1/s1. The van der Waals surface area contributed by atoms with Gasteiger partial charge in [0.25, 0.3) is 0 Å². The van der Waals surface area contributed by atoms with Crippen molar-refractivity contribution in [2.45, 2.75) is 58.8 Å². The van der Waals surface area contributed by atoms with Crippen LogP contribution in [0.3, 0.4) is 0 Å². The summed E-state index contributed by atoms with van der Waals surface area (Å²) in [5.41, 5.74) is 1.47. The number of ether oxygens (including phenoxy) is 1. The molecule has 112 valence electrons.